The molecule has 0 aromatic heterocycles. The summed E-state index contributed by atoms with van der Waals surface area (Å²) < 4.78 is 19.6. The standard InChI is InChI=1S/C29H40FN3O4.C2H6/c1-5-20(2)26(35)18-23-17-22(10-9-21(23)3)29(36)31-12-11-24(34)19-32-13-15-33(16-14-32)25-7-6-8-27(37-4)28(25)30;1-2/h6-10,17,20,24,34H,5,11-16,18-19H2,1-4H3,(H,31,36);1-2H3. The Morgan fingerprint density at radius 1 is 1.13 bits per heavy atom. The smallest absolute Gasteiger partial charge is 0.251 e. The van der Waals surface area contributed by atoms with Crippen molar-refractivity contribution in [3.05, 3.63) is 58.9 Å². The van der Waals surface area contributed by atoms with Crippen molar-refractivity contribution in [2.45, 2.75) is 60.0 Å². The Kier molecular flexibility index (Phi) is 13.4. The molecule has 216 valence electrons. The molecule has 0 spiro atoms. The van der Waals surface area contributed by atoms with Crippen LogP contribution in [0.3, 0.4) is 0 Å². The van der Waals surface area contributed by atoms with Gasteiger partial charge in [0.15, 0.2) is 11.6 Å². The van der Waals surface area contributed by atoms with Crippen LogP contribution in [-0.2, 0) is 11.2 Å². The summed E-state index contributed by atoms with van der Waals surface area (Å²) in [4.78, 5) is 29.2. The van der Waals surface area contributed by atoms with Gasteiger partial charge in [0.25, 0.3) is 5.91 Å². The number of nitrogens with one attached hydrogen (secondary N) is 1. The number of benzene rings is 2. The lowest BCUT2D eigenvalue weighted by Gasteiger charge is -2.37. The van der Waals surface area contributed by atoms with E-state index in [2.05, 4.69) is 10.2 Å². The summed E-state index contributed by atoms with van der Waals surface area (Å²) in [5.41, 5.74) is 2.93. The normalized spacial score (nSPS) is 15.1. The number of Topliss-reactive ketones (excluding diaryl/α,β-unsaturated/α-hetero) is 1. The molecule has 1 saturated heterocycles. The Labute approximate surface area is 233 Å². The van der Waals surface area contributed by atoms with Gasteiger partial charge in [0, 0.05) is 57.2 Å². The highest BCUT2D eigenvalue weighted by Gasteiger charge is 2.22. The molecule has 1 aliphatic rings. The van der Waals surface area contributed by atoms with Crippen LogP contribution < -0.4 is 15.0 Å². The van der Waals surface area contributed by atoms with Crippen LogP contribution in [0.2, 0.25) is 0 Å². The fourth-order valence-electron chi connectivity index (χ4n) is 4.51. The molecule has 7 nitrogen and oxygen atoms in total. The summed E-state index contributed by atoms with van der Waals surface area (Å²) in [5, 5.41) is 13.4. The van der Waals surface area contributed by atoms with Gasteiger partial charge in [-0.15, -0.1) is 0 Å². The van der Waals surface area contributed by atoms with Crippen molar-refractivity contribution in [3.63, 3.8) is 0 Å². The maximum atomic E-state index is 14.6. The number of hydrogen-bond donors (Lipinski definition) is 2. The average molecular weight is 544 g/mol. The van der Waals surface area contributed by atoms with Gasteiger partial charge >= 0.3 is 0 Å². The van der Waals surface area contributed by atoms with Gasteiger partial charge in [0.05, 0.1) is 18.9 Å². The van der Waals surface area contributed by atoms with Gasteiger partial charge in [0.1, 0.15) is 5.78 Å². The molecule has 39 heavy (non-hydrogen) atoms. The first-order valence-electron chi connectivity index (χ1n) is 14.1. The van der Waals surface area contributed by atoms with Crippen LogP contribution in [0.15, 0.2) is 36.4 Å². The number of aliphatic hydroxyl groups excluding tert-OH is 1. The number of anilines is 1. The van der Waals surface area contributed by atoms with Gasteiger partial charge in [-0.05, 0) is 55.2 Å². The highest BCUT2D eigenvalue weighted by Crippen LogP contribution is 2.28. The molecule has 8 heteroatoms. The number of hydrogen-bond acceptors (Lipinski definition) is 6. The molecule has 2 N–H and O–H groups in total. The van der Waals surface area contributed by atoms with Crippen molar-refractivity contribution in [3.8, 4) is 5.75 Å². The SMILES string of the molecule is CC.CCC(C)C(=O)Cc1cc(C(=O)NCCC(O)CN2CCN(c3cccc(OC)c3F)CC2)ccc1C. The third-order valence-corrected chi connectivity index (χ3v) is 7.25. The summed E-state index contributed by atoms with van der Waals surface area (Å²) in [7, 11) is 1.46. The first-order valence-corrected chi connectivity index (χ1v) is 14.1. The van der Waals surface area contributed by atoms with E-state index >= 15 is 0 Å². The fourth-order valence-corrected chi connectivity index (χ4v) is 4.51. The summed E-state index contributed by atoms with van der Waals surface area (Å²) in [6, 6.07) is 10.6. The van der Waals surface area contributed by atoms with Gasteiger partial charge in [0.2, 0.25) is 0 Å². The number of amides is 1. The van der Waals surface area contributed by atoms with Crippen molar-refractivity contribution >= 4 is 17.4 Å². The predicted octanol–water partition coefficient (Wildman–Crippen LogP) is 4.63. The van der Waals surface area contributed by atoms with Crippen molar-refractivity contribution in [2.24, 2.45) is 5.92 Å². The fraction of sp³-hybridized carbons (Fsp3) is 0.548. The molecule has 1 amide bonds. The number of β-amino-alcohol motifs (C(OH)–C–C–N with tert-alkyl or cyclic N) is 1. The van der Waals surface area contributed by atoms with E-state index < -0.39 is 6.10 Å². The number of aliphatic hydroxyl groups is 1. The zero-order valence-corrected chi connectivity index (χ0v) is 24.4. The zero-order chi connectivity index (χ0) is 28.9. The molecule has 2 unspecified atom stereocenters. The topological polar surface area (TPSA) is 82.1 Å². The number of ether oxygens (including phenoxy) is 1. The summed E-state index contributed by atoms with van der Waals surface area (Å²) >= 11 is 0. The Morgan fingerprint density at radius 3 is 2.46 bits per heavy atom. The van der Waals surface area contributed by atoms with Crippen molar-refractivity contribution in [1.29, 1.82) is 0 Å². The minimum atomic E-state index is -0.581. The Hall–Kier alpha value is -2.97. The number of carbonyl (C=O) groups excluding carboxylic acids is 2. The van der Waals surface area contributed by atoms with Crippen LogP contribution in [0, 0.1) is 18.7 Å². The van der Waals surface area contributed by atoms with Crippen molar-refractivity contribution < 1.29 is 23.8 Å². The number of ketones is 1. The van der Waals surface area contributed by atoms with E-state index in [9.17, 15) is 19.1 Å². The lowest BCUT2D eigenvalue weighted by atomic mass is 9.94. The number of methoxy groups -OCH3 is 1. The first kappa shape index (κ1) is 32.2. The second kappa shape index (κ2) is 16.2. The number of rotatable bonds is 12. The zero-order valence-electron chi connectivity index (χ0n) is 24.4. The molecule has 2 aromatic carbocycles. The molecule has 0 saturated carbocycles. The molecule has 0 bridgehead atoms. The van der Waals surface area contributed by atoms with E-state index in [-0.39, 0.29) is 29.2 Å². The minimum absolute atomic E-state index is 0.00404. The van der Waals surface area contributed by atoms with E-state index in [1.807, 2.05) is 45.6 Å². The predicted molar refractivity (Wildman–Crippen MR) is 155 cm³/mol. The maximum Gasteiger partial charge on any atom is 0.251 e. The minimum Gasteiger partial charge on any atom is -0.494 e. The highest BCUT2D eigenvalue weighted by molar-refractivity contribution is 5.95. The molecule has 3 rings (SSSR count). The van der Waals surface area contributed by atoms with Crippen LogP contribution in [0.5, 0.6) is 5.75 Å². The second-order valence-corrected chi connectivity index (χ2v) is 9.87. The lowest BCUT2D eigenvalue weighted by molar-refractivity contribution is -0.121. The highest BCUT2D eigenvalue weighted by atomic mass is 19.1. The summed E-state index contributed by atoms with van der Waals surface area (Å²) in [5.74, 6) is -0.139. The van der Waals surface area contributed by atoms with E-state index in [0.717, 1.165) is 17.5 Å². The Morgan fingerprint density at radius 2 is 1.82 bits per heavy atom. The van der Waals surface area contributed by atoms with Crippen molar-refractivity contribution in [2.75, 3.05) is 51.3 Å². The number of aryl methyl sites for hydroxylation is 1. The Bertz CT molecular complexity index is 1070. The van der Waals surface area contributed by atoms with Crippen LogP contribution >= 0.6 is 0 Å². The molecular weight excluding hydrogens is 497 g/mol. The second-order valence-electron chi connectivity index (χ2n) is 9.87. The number of carbonyl (C=O) groups is 2. The van der Waals surface area contributed by atoms with Crippen molar-refractivity contribution in [1.82, 2.24) is 10.2 Å². The monoisotopic (exact) mass is 543 g/mol. The summed E-state index contributed by atoms with van der Waals surface area (Å²) in [6.07, 6.45) is 0.985. The van der Waals surface area contributed by atoms with E-state index in [4.69, 9.17) is 4.74 Å². The molecular formula is C31H46FN3O4. The number of nitrogens with zero attached hydrogens (tertiary/aromatic N) is 2. The lowest BCUT2D eigenvalue weighted by Crippen LogP contribution is -2.49. The van der Waals surface area contributed by atoms with Gasteiger partial charge < -0.3 is 20.1 Å². The molecule has 0 aliphatic carbocycles. The quantitative estimate of drug-likeness (QED) is 0.406. The van der Waals surface area contributed by atoms with Gasteiger partial charge in [-0.1, -0.05) is 39.8 Å². The maximum absolute atomic E-state index is 14.6. The van der Waals surface area contributed by atoms with Gasteiger partial charge in [-0.25, -0.2) is 4.39 Å². The van der Waals surface area contributed by atoms with Crippen LogP contribution in [0.4, 0.5) is 10.1 Å². The molecule has 0 radical (unpaired) electrons. The summed E-state index contributed by atoms with van der Waals surface area (Å²) in [6.45, 7) is 13.5. The third kappa shape index (κ3) is 9.32. The van der Waals surface area contributed by atoms with E-state index in [0.29, 0.717) is 63.4 Å². The van der Waals surface area contributed by atoms with Crippen LogP contribution in [0.25, 0.3) is 0 Å². The van der Waals surface area contributed by atoms with Crippen LogP contribution in [-0.4, -0.2) is 74.2 Å². The van der Waals surface area contributed by atoms with E-state index in [1.54, 1.807) is 30.3 Å². The van der Waals surface area contributed by atoms with Crippen LogP contribution in [0.1, 0.15) is 62.0 Å². The Balaban J connectivity index is 0.00000260. The third-order valence-electron chi connectivity index (χ3n) is 7.25. The van der Waals surface area contributed by atoms with Gasteiger partial charge in [-0.2, -0.15) is 0 Å². The number of halogens is 1. The molecule has 1 fully saturated rings. The number of piperazine rings is 1. The first-order chi connectivity index (χ1) is 18.7. The molecule has 1 heterocycles. The molecule has 2 atom stereocenters. The van der Waals surface area contributed by atoms with E-state index in [1.165, 1.54) is 7.11 Å². The van der Waals surface area contributed by atoms with Gasteiger partial charge in [-0.3, -0.25) is 14.5 Å². The molecule has 2 aromatic rings. The molecule has 1 aliphatic heterocycles. The average Bonchev–Trinajstić information content (AvgIpc) is 2.95. The largest absolute Gasteiger partial charge is 0.494 e.